The van der Waals surface area contributed by atoms with Crippen molar-refractivity contribution in [1.82, 2.24) is 20.1 Å². The van der Waals surface area contributed by atoms with Crippen molar-refractivity contribution in [2.75, 3.05) is 18.0 Å². The first-order valence-corrected chi connectivity index (χ1v) is 7.74. The van der Waals surface area contributed by atoms with E-state index in [0.717, 1.165) is 37.2 Å². The summed E-state index contributed by atoms with van der Waals surface area (Å²) in [7, 11) is 0. The fourth-order valence-electron chi connectivity index (χ4n) is 3.02. The van der Waals surface area contributed by atoms with Crippen molar-refractivity contribution in [3.05, 3.63) is 42.2 Å². The number of aryl methyl sites for hydroxylation is 1. The third-order valence-electron chi connectivity index (χ3n) is 4.06. The van der Waals surface area contributed by atoms with Crippen LogP contribution in [0.15, 0.2) is 30.9 Å². The summed E-state index contributed by atoms with van der Waals surface area (Å²) in [5, 5.41) is 6.97. The fraction of sp³-hybridized carbons (Fsp3) is 0.438. The van der Waals surface area contributed by atoms with E-state index in [0.29, 0.717) is 0 Å². The van der Waals surface area contributed by atoms with Gasteiger partial charge < -0.3 is 10.2 Å². The zero-order valence-electron chi connectivity index (χ0n) is 13.1. The van der Waals surface area contributed by atoms with Gasteiger partial charge in [-0.15, -0.1) is 0 Å². The molecule has 0 bridgehead atoms. The molecule has 23 heavy (non-hydrogen) atoms. The molecule has 1 aliphatic rings. The molecular weight excluding hydrogens is 297 g/mol. The van der Waals surface area contributed by atoms with Crippen molar-refractivity contribution < 1.29 is 9.18 Å². The van der Waals surface area contributed by atoms with Crippen LogP contribution in [0.3, 0.4) is 0 Å². The minimum Gasteiger partial charge on any atom is -0.369 e. The Morgan fingerprint density at radius 1 is 1.48 bits per heavy atom. The van der Waals surface area contributed by atoms with Crippen molar-refractivity contribution in [1.29, 1.82) is 0 Å². The first kappa shape index (κ1) is 15.5. The molecule has 1 N–H and O–H groups in total. The maximum absolute atomic E-state index is 13.3. The molecule has 0 radical (unpaired) electrons. The summed E-state index contributed by atoms with van der Waals surface area (Å²) in [6.45, 7) is 3.73. The van der Waals surface area contributed by atoms with Crippen LogP contribution < -0.4 is 10.2 Å². The molecule has 1 fully saturated rings. The van der Waals surface area contributed by atoms with E-state index in [1.54, 1.807) is 6.07 Å². The summed E-state index contributed by atoms with van der Waals surface area (Å²) in [4.78, 5) is 18.1. The van der Waals surface area contributed by atoms with Gasteiger partial charge in [-0.05, 0) is 43.5 Å². The van der Waals surface area contributed by atoms with E-state index in [4.69, 9.17) is 0 Å². The summed E-state index contributed by atoms with van der Waals surface area (Å²) in [6.07, 6.45) is 4.87. The molecule has 7 heteroatoms. The van der Waals surface area contributed by atoms with Gasteiger partial charge in [0, 0.05) is 24.8 Å². The summed E-state index contributed by atoms with van der Waals surface area (Å²) in [5.74, 6) is -0.292. The number of carbonyl (C=O) groups excluding carboxylic acids is 1. The van der Waals surface area contributed by atoms with Crippen molar-refractivity contribution in [2.45, 2.75) is 32.4 Å². The second kappa shape index (κ2) is 6.76. The Balaban J connectivity index is 1.60. The van der Waals surface area contributed by atoms with Gasteiger partial charge in [-0.2, -0.15) is 5.10 Å². The van der Waals surface area contributed by atoms with E-state index in [-0.39, 0.29) is 24.3 Å². The summed E-state index contributed by atoms with van der Waals surface area (Å²) in [5.41, 5.74) is 1.95. The highest BCUT2D eigenvalue weighted by molar-refractivity contribution is 5.76. The molecule has 122 valence electrons. The highest BCUT2D eigenvalue weighted by atomic mass is 19.1. The Morgan fingerprint density at radius 3 is 3.09 bits per heavy atom. The Hall–Kier alpha value is -2.44. The van der Waals surface area contributed by atoms with E-state index < -0.39 is 0 Å². The Labute approximate surface area is 134 Å². The molecule has 1 aliphatic heterocycles. The van der Waals surface area contributed by atoms with E-state index in [1.165, 1.54) is 23.4 Å². The fourth-order valence-corrected chi connectivity index (χ4v) is 3.02. The predicted molar refractivity (Wildman–Crippen MR) is 84.5 cm³/mol. The Bertz CT molecular complexity index is 673. The number of nitrogens with one attached hydrogen (secondary N) is 1. The van der Waals surface area contributed by atoms with Crippen LogP contribution >= 0.6 is 0 Å². The zero-order valence-corrected chi connectivity index (χ0v) is 13.1. The monoisotopic (exact) mass is 317 g/mol. The summed E-state index contributed by atoms with van der Waals surface area (Å²) < 4.78 is 14.8. The average molecular weight is 317 g/mol. The molecule has 1 aromatic carbocycles. The zero-order chi connectivity index (χ0) is 16.2. The molecule has 0 unspecified atom stereocenters. The molecule has 1 saturated heterocycles. The number of amides is 1. The van der Waals surface area contributed by atoms with E-state index in [9.17, 15) is 9.18 Å². The smallest absolute Gasteiger partial charge is 0.242 e. The Morgan fingerprint density at radius 2 is 2.35 bits per heavy atom. The Kier molecular flexibility index (Phi) is 4.55. The number of rotatable bonds is 4. The molecule has 2 heterocycles. The van der Waals surface area contributed by atoms with Crippen LogP contribution in [0.4, 0.5) is 10.1 Å². The number of anilines is 1. The number of carbonyl (C=O) groups is 1. The second-order valence-corrected chi connectivity index (χ2v) is 5.88. The number of piperidine rings is 1. The van der Waals surface area contributed by atoms with Crippen LogP contribution in [-0.2, 0) is 11.3 Å². The second-order valence-electron chi connectivity index (χ2n) is 5.88. The number of benzene rings is 1. The van der Waals surface area contributed by atoms with Crippen molar-refractivity contribution in [2.24, 2.45) is 0 Å². The maximum Gasteiger partial charge on any atom is 0.242 e. The van der Waals surface area contributed by atoms with E-state index in [1.807, 2.05) is 13.0 Å². The lowest BCUT2D eigenvalue weighted by molar-refractivity contribution is -0.122. The molecule has 1 aromatic heterocycles. The van der Waals surface area contributed by atoms with Gasteiger partial charge in [0.25, 0.3) is 0 Å². The topological polar surface area (TPSA) is 63.1 Å². The molecule has 2 aromatic rings. The van der Waals surface area contributed by atoms with Gasteiger partial charge >= 0.3 is 0 Å². The van der Waals surface area contributed by atoms with Gasteiger partial charge in [-0.25, -0.2) is 14.1 Å². The highest BCUT2D eigenvalue weighted by Gasteiger charge is 2.22. The first-order chi connectivity index (χ1) is 11.1. The largest absolute Gasteiger partial charge is 0.369 e. The molecule has 6 nitrogen and oxygen atoms in total. The maximum atomic E-state index is 13.3. The van der Waals surface area contributed by atoms with Gasteiger partial charge in [0.2, 0.25) is 5.91 Å². The number of nitrogens with zero attached hydrogens (tertiary/aromatic N) is 4. The van der Waals surface area contributed by atoms with Gasteiger partial charge in [-0.3, -0.25) is 4.79 Å². The standard InChI is InChI=1S/C16H20FN5O/c1-12-7-13(17)4-5-15(12)21-6-2-3-14(8-21)20-16(23)9-22-11-18-10-19-22/h4-5,7,10-11,14H,2-3,6,8-9H2,1H3,(H,20,23)/t14-/m0/s1. The lowest BCUT2D eigenvalue weighted by Gasteiger charge is -2.35. The van der Waals surface area contributed by atoms with Gasteiger partial charge in [0.05, 0.1) is 0 Å². The van der Waals surface area contributed by atoms with Gasteiger partial charge in [-0.1, -0.05) is 0 Å². The summed E-state index contributed by atoms with van der Waals surface area (Å²) in [6, 6.07) is 4.92. The summed E-state index contributed by atoms with van der Waals surface area (Å²) >= 11 is 0. The predicted octanol–water partition coefficient (Wildman–Crippen LogP) is 1.51. The highest BCUT2D eigenvalue weighted by Crippen LogP contribution is 2.24. The van der Waals surface area contributed by atoms with Crippen LogP contribution in [0.2, 0.25) is 0 Å². The molecule has 0 aliphatic carbocycles. The van der Waals surface area contributed by atoms with E-state index in [2.05, 4.69) is 20.3 Å². The average Bonchev–Trinajstić information content (AvgIpc) is 3.00. The number of hydrogen-bond donors (Lipinski definition) is 1. The molecule has 0 spiro atoms. The minimum absolute atomic E-state index is 0.0711. The van der Waals surface area contributed by atoms with Crippen molar-refractivity contribution in [3.63, 3.8) is 0 Å². The molecule has 1 amide bonds. The van der Waals surface area contributed by atoms with Crippen LogP contribution in [-0.4, -0.2) is 39.8 Å². The van der Waals surface area contributed by atoms with Crippen LogP contribution in [0.1, 0.15) is 18.4 Å². The quantitative estimate of drug-likeness (QED) is 0.928. The number of aromatic nitrogens is 3. The van der Waals surface area contributed by atoms with Gasteiger partial charge in [0.15, 0.2) is 0 Å². The lowest BCUT2D eigenvalue weighted by atomic mass is 10.0. The van der Waals surface area contributed by atoms with Crippen molar-refractivity contribution >= 4 is 11.6 Å². The SMILES string of the molecule is Cc1cc(F)ccc1N1CCC[C@H](NC(=O)Cn2cncn2)C1. The van der Waals surface area contributed by atoms with Gasteiger partial charge in [0.1, 0.15) is 25.0 Å². The molecule has 0 saturated carbocycles. The lowest BCUT2D eigenvalue weighted by Crippen LogP contribution is -2.48. The van der Waals surface area contributed by atoms with Crippen LogP contribution in [0.5, 0.6) is 0 Å². The third-order valence-corrected chi connectivity index (χ3v) is 4.06. The number of halogens is 1. The third kappa shape index (κ3) is 3.85. The molecule has 3 rings (SSSR count). The van der Waals surface area contributed by atoms with E-state index >= 15 is 0 Å². The van der Waals surface area contributed by atoms with Crippen molar-refractivity contribution in [3.8, 4) is 0 Å². The van der Waals surface area contributed by atoms with Crippen LogP contribution in [0, 0.1) is 12.7 Å². The molecular formula is C16H20FN5O. The van der Waals surface area contributed by atoms with Crippen LogP contribution in [0.25, 0.3) is 0 Å². The molecule has 1 atom stereocenters. The minimum atomic E-state index is -0.221. The first-order valence-electron chi connectivity index (χ1n) is 7.74. The number of hydrogen-bond acceptors (Lipinski definition) is 4. The normalized spacial score (nSPS) is 18.0.